The number of hydrogen-bond acceptors (Lipinski definition) is 16. The van der Waals surface area contributed by atoms with Crippen molar-refractivity contribution < 1.29 is 115 Å². The standard InChI is InChI=1S/C41H84O24P4/c1-3-5-7-9-11-13-14-15-16-17-18-20-22-24-26-41(25-23-21-19-12-10-8-6-4-2,29-58-39-33(44)37(64-68(52,53)54)35(31(27-42)60-39)62-66(46,47)48)30-59-40-34(45)38(65-69(55,56)57)36(32(28-43)61-40)63-67(49,50)51/h31-40,42-45H,3-30H2,1-2H3,(H2,46,47,48)(H2,49,50,51)(H2,52,53,54)(H2,55,56,57)/t31-,32-,33-,34-,35+,36+,37-,38-,39-,40-/m1/s1. The van der Waals surface area contributed by atoms with Crippen molar-refractivity contribution in [3.05, 3.63) is 0 Å². The molecule has 0 aliphatic carbocycles. The molecule has 0 spiro atoms. The molecule has 2 aliphatic rings. The summed E-state index contributed by atoms with van der Waals surface area (Å²) in [6, 6.07) is 0. The number of ether oxygens (including phenoxy) is 4. The molecule has 0 saturated carbocycles. The Balaban J connectivity index is 2.45. The average Bonchev–Trinajstić information content (AvgIpc) is 3.25. The molecular formula is C41H84O24P4. The molecule has 10 atom stereocenters. The summed E-state index contributed by atoms with van der Waals surface area (Å²) in [4.78, 5) is 77.0. The average molecular weight is 1080 g/mol. The van der Waals surface area contributed by atoms with Gasteiger partial charge in [-0.15, -0.1) is 0 Å². The second-order valence-corrected chi connectivity index (χ2v) is 23.1. The van der Waals surface area contributed by atoms with Gasteiger partial charge in [-0.05, 0) is 12.8 Å². The van der Waals surface area contributed by atoms with E-state index in [1.54, 1.807) is 0 Å². The number of phosphoric ester groups is 4. The number of aliphatic hydroxyl groups excluding tert-OH is 4. The number of rotatable bonds is 40. The van der Waals surface area contributed by atoms with Gasteiger partial charge in [-0.2, -0.15) is 0 Å². The molecule has 28 heteroatoms. The smallest absolute Gasteiger partial charge is 0.394 e. The van der Waals surface area contributed by atoms with E-state index in [9.17, 15) is 77.8 Å². The largest absolute Gasteiger partial charge is 0.470 e. The molecule has 24 nitrogen and oxygen atoms in total. The third-order valence-corrected chi connectivity index (χ3v) is 14.4. The Morgan fingerprint density at radius 1 is 0.406 bits per heavy atom. The van der Waals surface area contributed by atoms with E-state index in [-0.39, 0.29) is 13.2 Å². The fourth-order valence-electron chi connectivity index (χ4n) is 8.79. The first-order valence-corrected chi connectivity index (χ1v) is 30.6. The second kappa shape index (κ2) is 33.2. The fraction of sp³-hybridized carbons (Fsp3) is 1.00. The van der Waals surface area contributed by atoms with Gasteiger partial charge in [0.15, 0.2) is 12.6 Å². The van der Waals surface area contributed by atoms with Gasteiger partial charge in [-0.1, -0.05) is 155 Å². The van der Waals surface area contributed by atoms with Gasteiger partial charge < -0.3 is 78.5 Å². The van der Waals surface area contributed by atoms with Crippen LogP contribution in [-0.2, 0) is 55.3 Å². The minimum atomic E-state index is -5.51. The quantitative estimate of drug-likeness (QED) is 0.0267. The van der Waals surface area contributed by atoms with Crippen molar-refractivity contribution in [1.29, 1.82) is 0 Å². The normalized spacial score (nSPS) is 26.5. The van der Waals surface area contributed by atoms with Crippen molar-refractivity contribution in [3.63, 3.8) is 0 Å². The van der Waals surface area contributed by atoms with Crippen molar-refractivity contribution in [2.75, 3.05) is 26.4 Å². The predicted molar refractivity (Wildman–Crippen MR) is 248 cm³/mol. The molecule has 2 heterocycles. The van der Waals surface area contributed by atoms with Gasteiger partial charge in [0.25, 0.3) is 0 Å². The molecule has 2 rings (SSSR count). The van der Waals surface area contributed by atoms with E-state index in [2.05, 4.69) is 22.9 Å². The van der Waals surface area contributed by atoms with Crippen LogP contribution in [0.2, 0.25) is 0 Å². The molecular weight excluding hydrogens is 1000 g/mol. The summed E-state index contributed by atoms with van der Waals surface area (Å²) in [5.74, 6) is 0. The Hall–Kier alpha value is 0.120. The zero-order chi connectivity index (χ0) is 51.7. The third-order valence-electron chi connectivity index (χ3n) is 12.4. The fourth-order valence-corrected chi connectivity index (χ4v) is 11.1. The number of hydrogen-bond donors (Lipinski definition) is 12. The first-order chi connectivity index (χ1) is 32.4. The van der Waals surface area contributed by atoms with Gasteiger partial charge in [0, 0.05) is 5.41 Å². The van der Waals surface area contributed by atoms with E-state index in [0.717, 1.165) is 83.5 Å². The maximum absolute atomic E-state index is 12.0. The summed E-state index contributed by atoms with van der Waals surface area (Å²) in [5.41, 5.74) is -1.12. The van der Waals surface area contributed by atoms with Crippen LogP contribution < -0.4 is 0 Å². The van der Waals surface area contributed by atoms with E-state index in [4.69, 9.17) is 28.0 Å². The van der Waals surface area contributed by atoms with Gasteiger partial charge >= 0.3 is 31.3 Å². The van der Waals surface area contributed by atoms with Crippen LogP contribution in [0.5, 0.6) is 0 Å². The summed E-state index contributed by atoms with van der Waals surface area (Å²) < 4.78 is 90.3. The molecule has 0 radical (unpaired) electrons. The molecule has 0 aromatic heterocycles. The van der Waals surface area contributed by atoms with Crippen molar-refractivity contribution in [1.82, 2.24) is 0 Å². The van der Waals surface area contributed by atoms with Crippen LogP contribution in [0.1, 0.15) is 168 Å². The second-order valence-electron chi connectivity index (χ2n) is 18.4. The lowest BCUT2D eigenvalue weighted by atomic mass is 9.79. The lowest BCUT2D eigenvalue weighted by Gasteiger charge is -2.45. The molecule has 69 heavy (non-hydrogen) atoms. The molecule has 0 aromatic rings. The lowest BCUT2D eigenvalue weighted by molar-refractivity contribution is -0.314. The molecule has 2 fully saturated rings. The summed E-state index contributed by atoms with van der Waals surface area (Å²) in [6.45, 7) is 1.46. The predicted octanol–water partition coefficient (Wildman–Crippen LogP) is 5.48. The number of phosphoric acid groups is 4. The van der Waals surface area contributed by atoms with Gasteiger partial charge in [0.2, 0.25) is 0 Å². The summed E-state index contributed by atoms with van der Waals surface area (Å²) >= 11 is 0. The molecule has 0 amide bonds. The van der Waals surface area contributed by atoms with Crippen LogP contribution in [0.15, 0.2) is 0 Å². The minimum absolute atomic E-state index is 0.331. The van der Waals surface area contributed by atoms with E-state index < -0.39 is 111 Å². The monoisotopic (exact) mass is 1080 g/mol. The van der Waals surface area contributed by atoms with Crippen molar-refractivity contribution in [3.8, 4) is 0 Å². The van der Waals surface area contributed by atoms with Crippen LogP contribution in [-0.4, -0.2) is 147 Å². The lowest BCUT2D eigenvalue weighted by Crippen LogP contribution is -2.61. The Morgan fingerprint density at radius 2 is 0.652 bits per heavy atom. The molecule has 2 saturated heterocycles. The molecule has 412 valence electrons. The molecule has 0 bridgehead atoms. The highest BCUT2D eigenvalue weighted by Crippen LogP contribution is 2.49. The highest BCUT2D eigenvalue weighted by molar-refractivity contribution is 7.47. The Kier molecular flexibility index (Phi) is 31.4. The van der Waals surface area contributed by atoms with Crippen LogP contribution >= 0.6 is 31.3 Å². The Bertz CT molecular complexity index is 1470. The zero-order valence-electron chi connectivity index (χ0n) is 40.1. The van der Waals surface area contributed by atoms with Gasteiger partial charge in [-0.25, -0.2) is 18.3 Å². The van der Waals surface area contributed by atoms with Crippen molar-refractivity contribution in [2.24, 2.45) is 5.41 Å². The van der Waals surface area contributed by atoms with E-state index in [0.29, 0.717) is 25.7 Å². The first-order valence-electron chi connectivity index (χ1n) is 24.5. The molecule has 0 unspecified atom stereocenters. The summed E-state index contributed by atoms with van der Waals surface area (Å²) in [7, 11) is -21.9. The van der Waals surface area contributed by atoms with Crippen LogP contribution in [0.3, 0.4) is 0 Å². The van der Waals surface area contributed by atoms with Crippen molar-refractivity contribution >= 4 is 31.3 Å². The van der Waals surface area contributed by atoms with Gasteiger partial charge in [0.1, 0.15) is 48.8 Å². The van der Waals surface area contributed by atoms with E-state index in [1.807, 2.05) is 0 Å². The summed E-state index contributed by atoms with van der Waals surface area (Å²) in [6.07, 6.45) is 2.99. The van der Waals surface area contributed by atoms with Gasteiger partial charge in [-0.3, -0.25) is 18.1 Å². The first kappa shape index (κ1) is 65.2. The zero-order valence-corrected chi connectivity index (χ0v) is 43.7. The third kappa shape index (κ3) is 27.5. The topological polar surface area (TPSA) is 385 Å². The maximum atomic E-state index is 12.0. The summed E-state index contributed by atoms with van der Waals surface area (Å²) in [5, 5.41) is 43.1. The minimum Gasteiger partial charge on any atom is -0.394 e. The highest BCUT2D eigenvalue weighted by Gasteiger charge is 2.54. The van der Waals surface area contributed by atoms with Crippen LogP contribution in [0, 0.1) is 5.41 Å². The molecule has 12 N–H and O–H groups in total. The molecule has 0 aromatic carbocycles. The van der Waals surface area contributed by atoms with Crippen LogP contribution in [0.25, 0.3) is 0 Å². The Labute approximate surface area is 406 Å². The van der Waals surface area contributed by atoms with Crippen molar-refractivity contribution in [2.45, 2.75) is 229 Å². The van der Waals surface area contributed by atoms with E-state index in [1.165, 1.54) is 44.9 Å². The van der Waals surface area contributed by atoms with E-state index >= 15 is 0 Å². The van der Waals surface area contributed by atoms with Crippen LogP contribution in [0.4, 0.5) is 0 Å². The Morgan fingerprint density at radius 3 is 0.899 bits per heavy atom. The number of aliphatic hydroxyl groups is 4. The molecule has 2 aliphatic heterocycles. The maximum Gasteiger partial charge on any atom is 0.470 e. The number of unbranched alkanes of at least 4 members (excludes halogenated alkanes) is 20. The highest BCUT2D eigenvalue weighted by atomic mass is 31.2. The SMILES string of the molecule is CCCCCCCCCCCCCCCCC(CCCCCCCCCC)(CO[C@@H]1O[C@H](CO)[C@H](OP(=O)(O)O)[C@H](OP(=O)(O)O)[C@H]1O)CO[C@@H]1O[C@H](CO)[C@H](OP(=O)(O)O)[C@H](OP(=O)(O)O)[C@H]1O. The van der Waals surface area contributed by atoms with Gasteiger partial charge in [0.05, 0.1) is 26.4 Å².